The van der Waals surface area contributed by atoms with E-state index >= 15 is 0 Å². The predicted molar refractivity (Wildman–Crippen MR) is 67.2 cm³/mol. The van der Waals surface area contributed by atoms with E-state index in [1.54, 1.807) is 6.20 Å². The van der Waals surface area contributed by atoms with E-state index in [1.807, 2.05) is 36.4 Å². The van der Waals surface area contributed by atoms with Gasteiger partial charge >= 0.3 is 0 Å². The molecule has 0 fully saturated rings. The Balaban J connectivity index is 2.18. The molecular formula is C13H10N4. The standard InChI is InChI=1S/C13H10N4/c14-13-8-15-7-12(17-13)11-6-5-9-3-1-2-4-10(9)16-11/h1-8H,(H2,14,17). The average molecular weight is 222 g/mol. The summed E-state index contributed by atoms with van der Waals surface area (Å²) in [5.74, 6) is 0.400. The first kappa shape index (κ1) is 9.72. The van der Waals surface area contributed by atoms with Gasteiger partial charge in [0.2, 0.25) is 0 Å². The van der Waals surface area contributed by atoms with Crippen molar-refractivity contribution in [1.29, 1.82) is 0 Å². The van der Waals surface area contributed by atoms with E-state index in [4.69, 9.17) is 5.73 Å². The number of para-hydroxylation sites is 1. The minimum absolute atomic E-state index is 0.400. The first-order chi connectivity index (χ1) is 8.33. The molecule has 17 heavy (non-hydrogen) atoms. The summed E-state index contributed by atoms with van der Waals surface area (Å²) < 4.78 is 0. The largest absolute Gasteiger partial charge is 0.382 e. The number of anilines is 1. The Hall–Kier alpha value is -2.49. The van der Waals surface area contributed by atoms with Gasteiger partial charge in [-0.3, -0.25) is 4.98 Å². The molecule has 0 aliphatic carbocycles. The fourth-order valence-electron chi connectivity index (χ4n) is 1.71. The molecule has 3 aromatic rings. The summed E-state index contributed by atoms with van der Waals surface area (Å²) in [5, 5.41) is 1.10. The highest BCUT2D eigenvalue weighted by Crippen LogP contribution is 2.18. The zero-order valence-electron chi connectivity index (χ0n) is 9.04. The molecule has 0 aliphatic rings. The van der Waals surface area contributed by atoms with Gasteiger partial charge in [0.05, 0.1) is 23.6 Å². The summed E-state index contributed by atoms with van der Waals surface area (Å²) in [4.78, 5) is 12.7. The molecule has 0 atom stereocenters. The van der Waals surface area contributed by atoms with Crippen molar-refractivity contribution < 1.29 is 0 Å². The average Bonchev–Trinajstić information content (AvgIpc) is 2.38. The van der Waals surface area contributed by atoms with Gasteiger partial charge in [0.25, 0.3) is 0 Å². The molecule has 0 amide bonds. The van der Waals surface area contributed by atoms with Crippen LogP contribution in [-0.2, 0) is 0 Å². The molecule has 0 saturated carbocycles. The third-order valence-electron chi connectivity index (χ3n) is 2.51. The topological polar surface area (TPSA) is 64.7 Å². The molecule has 0 unspecified atom stereocenters. The monoisotopic (exact) mass is 222 g/mol. The lowest BCUT2D eigenvalue weighted by atomic mass is 10.2. The van der Waals surface area contributed by atoms with Gasteiger partial charge in [-0.05, 0) is 12.1 Å². The van der Waals surface area contributed by atoms with Crippen LogP contribution in [-0.4, -0.2) is 15.0 Å². The second-order valence-corrected chi connectivity index (χ2v) is 3.72. The molecule has 2 N–H and O–H groups in total. The van der Waals surface area contributed by atoms with Gasteiger partial charge in [0.1, 0.15) is 11.5 Å². The quantitative estimate of drug-likeness (QED) is 0.686. The molecule has 4 heteroatoms. The first-order valence-corrected chi connectivity index (χ1v) is 5.26. The van der Waals surface area contributed by atoms with Gasteiger partial charge in [-0.25, -0.2) is 9.97 Å². The smallest absolute Gasteiger partial charge is 0.142 e. The second kappa shape index (κ2) is 3.83. The number of rotatable bonds is 1. The highest BCUT2D eigenvalue weighted by atomic mass is 14.9. The first-order valence-electron chi connectivity index (χ1n) is 5.26. The molecule has 4 nitrogen and oxygen atoms in total. The summed E-state index contributed by atoms with van der Waals surface area (Å²) in [7, 11) is 0. The SMILES string of the molecule is Nc1cncc(-c2ccc3ccccc3n2)n1. The molecule has 0 aliphatic heterocycles. The van der Waals surface area contributed by atoms with Crippen LogP contribution in [0.3, 0.4) is 0 Å². The van der Waals surface area contributed by atoms with Crippen molar-refractivity contribution in [3.8, 4) is 11.4 Å². The number of hydrogen-bond donors (Lipinski definition) is 1. The Morgan fingerprint density at radius 1 is 0.824 bits per heavy atom. The van der Waals surface area contributed by atoms with Crippen LogP contribution in [0.15, 0.2) is 48.8 Å². The van der Waals surface area contributed by atoms with Crippen molar-refractivity contribution in [3.63, 3.8) is 0 Å². The Kier molecular flexibility index (Phi) is 2.19. The number of nitrogens with two attached hydrogens (primary N) is 1. The number of hydrogen-bond acceptors (Lipinski definition) is 4. The molecular weight excluding hydrogens is 212 g/mol. The number of aromatic nitrogens is 3. The summed E-state index contributed by atoms with van der Waals surface area (Å²) in [5.41, 5.74) is 8.02. The molecule has 0 saturated heterocycles. The minimum atomic E-state index is 0.400. The summed E-state index contributed by atoms with van der Waals surface area (Å²) in [6, 6.07) is 11.9. The molecule has 2 aromatic heterocycles. The van der Waals surface area contributed by atoms with Crippen LogP contribution >= 0.6 is 0 Å². The summed E-state index contributed by atoms with van der Waals surface area (Å²) >= 11 is 0. The van der Waals surface area contributed by atoms with E-state index in [0.717, 1.165) is 16.6 Å². The molecule has 2 heterocycles. The highest BCUT2D eigenvalue weighted by Gasteiger charge is 2.03. The fourth-order valence-corrected chi connectivity index (χ4v) is 1.71. The van der Waals surface area contributed by atoms with Crippen LogP contribution < -0.4 is 5.73 Å². The molecule has 3 rings (SSSR count). The van der Waals surface area contributed by atoms with Crippen molar-refractivity contribution in [2.45, 2.75) is 0 Å². The van der Waals surface area contributed by atoms with Crippen molar-refractivity contribution in [2.75, 3.05) is 5.73 Å². The van der Waals surface area contributed by atoms with Crippen LogP contribution in [0.1, 0.15) is 0 Å². The van der Waals surface area contributed by atoms with Crippen LogP contribution in [0.25, 0.3) is 22.3 Å². The van der Waals surface area contributed by atoms with Crippen LogP contribution in [0.4, 0.5) is 5.82 Å². The van der Waals surface area contributed by atoms with E-state index < -0.39 is 0 Å². The zero-order chi connectivity index (χ0) is 11.7. The molecule has 0 radical (unpaired) electrons. The normalized spacial score (nSPS) is 10.6. The van der Waals surface area contributed by atoms with E-state index in [2.05, 4.69) is 15.0 Å². The summed E-state index contributed by atoms with van der Waals surface area (Å²) in [6.45, 7) is 0. The van der Waals surface area contributed by atoms with E-state index in [-0.39, 0.29) is 0 Å². The van der Waals surface area contributed by atoms with Crippen molar-refractivity contribution in [3.05, 3.63) is 48.8 Å². The lowest BCUT2D eigenvalue weighted by Gasteiger charge is -2.02. The zero-order valence-corrected chi connectivity index (χ0v) is 9.04. The molecule has 0 bridgehead atoms. The van der Waals surface area contributed by atoms with E-state index in [0.29, 0.717) is 11.5 Å². The van der Waals surface area contributed by atoms with Gasteiger partial charge in [-0.1, -0.05) is 24.3 Å². The van der Waals surface area contributed by atoms with Crippen molar-refractivity contribution >= 4 is 16.7 Å². The van der Waals surface area contributed by atoms with Gasteiger partial charge in [-0.2, -0.15) is 0 Å². The lowest BCUT2D eigenvalue weighted by molar-refractivity contribution is 1.19. The third kappa shape index (κ3) is 1.80. The van der Waals surface area contributed by atoms with E-state index in [1.165, 1.54) is 6.20 Å². The Morgan fingerprint density at radius 3 is 2.59 bits per heavy atom. The van der Waals surface area contributed by atoms with Crippen molar-refractivity contribution in [1.82, 2.24) is 15.0 Å². The van der Waals surface area contributed by atoms with Gasteiger partial charge in [-0.15, -0.1) is 0 Å². The number of fused-ring (bicyclic) bond motifs is 1. The predicted octanol–water partition coefficient (Wildman–Crippen LogP) is 2.27. The van der Waals surface area contributed by atoms with Gasteiger partial charge in [0.15, 0.2) is 0 Å². The Morgan fingerprint density at radius 2 is 1.71 bits per heavy atom. The number of benzene rings is 1. The lowest BCUT2D eigenvalue weighted by Crippen LogP contribution is -1.95. The maximum absolute atomic E-state index is 5.61. The molecule has 82 valence electrons. The van der Waals surface area contributed by atoms with Crippen LogP contribution in [0.5, 0.6) is 0 Å². The second-order valence-electron chi connectivity index (χ2n) is 3.72. The number of nitrogens with zero attached hydrogens (tertiary/aromatic N) is 3. The highest BCUT2D eigenvalue weighted by molar-refractivity contribution is 5.80. The summed E-state index contributed by atoms with van der Waals surface area (Å²) in [6.07, 6.45) is 3.18. The number of nitrogen functional groups attached to an aromatic ring is 1. The number of pyridine rings is 1. The maximum atomic E-state index is 5.61. The van der Waals surface area contributed by atoms with E-state index in [9.17, 15) is 0 Å². The van der Waals surface area contributed by atoms with Crippen molar-refractivity contribution in [2.24, 2.45) is 0 Å². The third-order valence-corrected chi connectivity index (χ3v) is 2.51. The van der Waals surface area contributed by atoms with Gasteiger partial charge < -0.3 is 5.73 Å². The molecule has 1 aromatic carbocycles. The minimum Gasteiger partial charge on any atom is -0.382 e. The van der Waals surface area contributed by atoms with Crippen LogP contribution in [0.2, 0.25) is 0 Å². The Labute approximate surface area is 98.2 Å². The molecule has 0 spiro atoms. The van der Waals surface area contributed by atoms with Crippen LogP contribution in [0, 0.1) is 0 Å². The van der Waals surface area contributed by atoms with Gasteiger partial charge in [0, 0.05) is 5.39 Å². The Bertz CT molecular complexity index is 679. The maximum Gasteiger partial charge on any atom is 0.142 e. The fraction of sp³-hybridized carbons (Fsp3) is 0.